The van der Waals surface area contributed by atoms with E-state index in [4.69, 9.17) is 0 Å². The molecule has 0 aliphatic rings. The molecular weight excluding hydrogens is 454 g/mol. The Morgan fingerprint density at radius 1 is 0.742 bits per heavy atom. The van der Waals surface area contributed by atoms with E-state index >= 15 is 0 Å². The molecule has 0 saturated heterocycles. The number of alkyl halides is 6. The molecule has 0 amide bonds. The van der Waals surface area contributed by atoms with Crippen LogP contribution < -0.4 is 0 Å². The van der Waals surface area contributed by atoms with Crippen molar-refractivity contribution in [1.82, 2.24) is 0 Å². The third-order valence-corrected chi connectivity index (χ3v) is 7.34. The van der Waals surface area contributed by atoms with Crippen LogP contribution >= 0.6 is 22.7 Å². The van der Waals surface area contributed by atoms with Crippen LogP contribution in [0.15, 0.2) is 36.4 Å². The predicted molar refractivity (Wildman–Crippen MR) is 116 cm³/mol. The lowest BCUT2D eigenvalue weighted by Gasteiger charge is -2.13. The minimum atomic E-state index is -4.85. The maximum Gasteiger partial charge on any atom is 0.416 e. The summed E-state index contributed by atoms with van der Waals surface area (Å²) in [6, 6.07) is 7.25. The van der Waals surface area contributed by atoms with Crippen LogP contribution in [0.25, 0.3) is 20.2 Å². The van der Waals surface area contributed by atoms with E-state index in [1.54, 1.807) is 23.5 Å². The highest BCUT2D eigenvalue weighted by Gasteiger charge is 2.37. The fourth-order valence-corrected chi connectivity index (χ4v) is 5.62. The van der Waals surface area contributed by atoms with Crippen molar-refractivity contribution in [2.75, 3.05) is 0 Å². The van der Waals surface area contributed by atoms with E-state index in [1.165, 1.54) is 23.3 Å². The largest absolute Gasteiger partial charge is 0.416 e. The number of hydrogen-bond donors (Lipinski definition) is 0. The van der Waals surface area contributed by atoms with Crippen LogP contribution in [0.1, 0.15) is 54.2 Å². The van der Waals surface area contributed by atoms with Gasteiger partial charge in [-0.05, 0) is 67.3 Å². The number of hydrogen-bond acceptors (Lipinski definition) is 2. The van der Waals surface area contributed by atoms with E-state index < -0.39 is 23.5 Å². The first kappa shape index (κ1) is 23.9. The number of rotatable bonds is 7. The highest BCUT2D eigenvalue weighted by Crippen LogP contribution is 2.43. The molecule has 3 rings (SSSR count). The maximum atomic E-state index is 13.2. The van der Waals surface area contributed by atoms with Gasteiger partial charge >= 0.3 is 12.4 Å². The predicted octanol–water partition coefficient (Wildman–Crippen LogP) is 9.61. The summed E-state index contributed by atoms with van der Waals surface area (Å²) in [5.41, 5.74) is -1.48. The Hall–Kier alpha value is -1.80. The molecule has 0 radical (unpaired) electrons. The third-order valence-electron chi connectivity index (χ3n) is 4.93. The van der Waals surface area contributed by atoms with E-state index in [-0.39, 0.29) is 11.6 Å². The zero-order valence-corrected chi connectivity index (χ0v) is 18.7. The summed E-state index contributed by atoms with van der Waals surface area (Å²) in [5.74, 6) is 0. The van der Waals surface area contributed by atoms with Crippen molar-refractivity contribution in [3.05, 3.63) is 58.0 Å². The molecule has 0 fully saturated rings. The SMILES string of the molecule is CCCCCCc1cc(C)sc1-c1ccc(-c2cc(C(F)(F)F)cc(C(F)(F)F)c2)s1. The van der Waals surface area contributed by atoms with Crippen molar-refractivity contribution >= 4 is 22.7 Å². The van der Waals surface area contributed by atoms with Crippen molar-refractivity contribution < 1.29 is 26.3 Å². The second kappa shape index (κ2) is 9.36. The van der Waals surface area contributed by atoms with Gasteiger partial charge in [0.2, 0.25) is 0 Å². The average Bonchev–Trinajstić information content (AvgIpc) is 3.30. The highest BCUT2D eigenvalue weighted by molar-refractivity contribution is 7.24. The molecule has 0 spiro atoms. The summed E-state index contributed by atoms with van der Waals surface area (Å²) in [5, 5.41) is 0. The number of benzene rings is 1. The molecule has 0 aliphatic carbocycles. The zero-order chi connectivity index (χ0) is 22.8. The quantitative estimate of drug-likeness (QED) is 0.235. The minimum absolute atomic E-state index is 0.0730. The van der Waals surface area contributed by atoms with Crippen molar-refractivity contribution in [2.24, 2.45) is 0 Å². The first-order valence-corrected chi connectivity index (χ1v) is 11.6. The zero-order valence-electron chi connectivity index (χ0n) is 17.1. The van der Waals surface area contributed by atoms with Crippen LogP contribution in [0.5, 0.6) is 0 Å². The van der Waals surface area contributed by atoms with Gasteiger partial charge < -0.3 is 0 Å². The second-order valence-electron chi connectivity index (χ2n) is 7.48. The molecule has 31 heavy (non-hydrogen) atoms. The molecule has 2 heterocycles. The van der Waals surface area contributed by atoms with Gasteiger partial charge in [-0.2, -0.15) is 26.3 Å². The van der Waals surface area contributed by atoms with E-state index in [0.29, 0.717) is 4.88 Å². The third kappa shape index (κ3) is 5.92. The molecule has 0 nitrogen and oxygen atoms in total. The Kier molecular flexibility index (Phi) is 7.21. The molecule has 1 aromatic carbocycles. The molecule has 0 unspecified atom stereocenters. The normalized spacial score (nSPS) is 12.5. The Morgan fingerprint density at radius 2 is 1.35 bits per heavy atom. The summed E-state index contributed by atoms with van der Waals surface area (Å²) < 4.78 is 79.1. The van der Waals surface area contributed by atoms with Crippen molar-refractivity contribution in [3.63, 3.8) is 0 Å². The molecule has 0 bridgehead atoms. The van der Waals surface area contributed by atoms with Crippen LogP contribution in [-0.2, 0) is 18.8 Å². The first-order valence-electron chi connectivity index (χ1n) is 9.98. The summed E-state index contributed by atoms with van der Waals surface area (Å²) in [7, 11) is 0. The lowest BCUT2D eigenvalue weighted by Crippen LogP contribution is -2.10. The Morgan fingerprint density at radius 3 is 1.94 bits per heavy atom. The van der Waals surface area contributed by atoms with E-state index in [0.717, 1.165) is 52.4 Å². The Bertz CT molecular complexity index is 991. The fourth-order valence-electron chi connectivity index (χ4n) is 3.42. The topological polar surface area (TPSA) is 0 Å². The summed E-state index contributed by atoms with van der Waals surface area (Å²) in [6.45, 7) is 4.14. The Balaban J connectivity index is 1.96. The summed E-state index contributed by atoms with van der Waals surface area (Å²) in [6.07, 6.45) is -4.31. The first-order chi connectivity index (χ1) is 14.5. The van der Waals surface area contributed by atoms with Gasteiger partial charge in [-0.3, -0.25) is 0 Å². The van der Waals surface area contributed by atoms with Crippen molar-refractivity contribution in [1.29, 1.82) is 0 Å². The second-order valence-corrected chi connectivity index (χ2v) is 9.82. The average molecular weight is 477 g/mol. The molecule has 0 atom stereocenters. The van der Waals surface area contributed by atoms with Gasteiger partial charge in [0.15, 0.2) is 0 Å². The van der Waals surface area contributed by atoms with E-state index in [1.807, 2.05) is 6.92 Å². The number of unbranched alkanes of at least 4 members (excludes halogenated alkanes) is 3. The monoisotopic (exact) mass is 476 g/mol. The standard InChI is InChI=1S/C23H22F6S2/c1-3-4-5-6-7-15-10-14(2)30-21(15)20-9-8-19(31-20)16-11-17(22(24,25)26)13-18(12-16)23(27,28)29/h8-13H,3-7H2,1-2H3. The number of thiophene rings is 2. The van der Waals surface area contributed by atoms with Crippen LogP contribution in [0.4, 0.5) is 26.3 Å². The van der Waals surface area contributed by atoms with Crippen molar-refractivity contribution in [3.8, 4) is 20.2 Å². The maximum absolute atomic E-state index is 13.2. The molecule has 8 heteroatoms. The summed E-state index contributed by atoms with van der Waals surface area (Å²) in [4.78, 5) is 3.43. The molecule has 0 saturated carbocycles. The van der Waals surface area contributed by atoms with Gasteiger partial charge in [-0.25, -0.2) is 0 Å². The summed E-state index contributed by atoms with van der Waals surface area (Å²) >= 11 is 2.83. The molecule has 168 valence electrons. The van der Waals surface area contributed by atoms with Crippen LogP contribution in [0, 0.1) is 6.92 Å². The van der Waals surface area contributed by atoms with Crippen LogP contribution in [0.2, 0.25) is 0 Å². The fraction of sp³-hybridized carbons (Fsp3) is 0.391. The van der Waals surface area contributed by atoms with Gasteiger partial charge in [0.05, 0.1) is 11.1 Å². The van der Waals surface area contributed by atoms with Crippen LogP contribution in [0.3, 0.4) is 0 Å². The lowest BCUT2D eigenvalue weighted by molar-refractivity contribution is -0.143. The Labute approximate surface area is 185 Å². The minimum Gasteiger partial charge on any atom is -0.166 e. The molecule has 0 aliphatic heterocycles. The molecule has 3 aromatic rings. The number of aryl methyl sites for hydroxylation is 2. The van der Waals surface area contributed by atoms with Gasteiger partial charge in [0.25, 0.3) is 0 Å². The molecule has 2 aromatic heterocycles. The van der Waals surface area contributed by atoms with Gasteiger partial charge in [-0.15, -0.1) is 22.7 Å². The van der Waals surface area contributed by atoms with Gasteiger partial charge in [-0.1, -0.05) is 26.2 Å². The number of halogens is 6. The van der Waals surface area contributed by atoms with E-state index in [2.05, 4.69) is 13.0 Å². The molecule has 0 N–H and O–H groups in total. The molecular formula is C23H22F6S2. The lowest BCUT2D eigenvalue weighted by atomic mass is 10.0. The smallest absolute Gasteiger partial charge is 0.166 e. The van der Waals surface area contributed by atoms with Crippen molar-refractivity contribution in [2.45, 2.75) is 58.3 Å². The van der Waals surface area contributed by atoms with Gasteiger partial charge in [0, 0.05) is 19.5 Å². The van der Waals surface area contributed by atoms with Gasteiger partial charge in [0.1, 0.15) is 0 Å². The highest BCUT2D eigenvalue weighted by atomic mass is 32.1. The van der Waals surface area contributed by atoms with E-state index in [9.17, 15) is 26.3 Å². The van der Waals surface area contributed by atoms with Crippen LogP contribution in [-0.4, -0.2) is 0 Å².